The van der Waals surface area contributed by atoms with Gasteiger partial charge < -0.3 is 14.6 Å². The molecule has 0 saturated heterocycles. The van der Waals surface area contributed by atoms with Crippen LogP contribution in [0.2, 0.25) is 0 Å². The summed E-state index contributed by atoms with van der Waals surface area (Å²) < 4.78 is 11.7. The third-order valence-electron chi connectivity index (χ3n) is 3.88. The van der Waals surface area contributed by atoms with Crippen molar-refractivity contribution < 1.29 is 19.4 Å². The highest BCUT2D eigenvalue weighted by Gasteiger charge is 2.47. The predicted molar refractivity (Wildman–Crippen MR) is 69.4 cm³/mol. The van der Waals surface area contributed by atoms with Crippen LogP contribution < -0.4 is 0 Å². The van der Waals surface area contributed by atoms with Crippen molar-refractivity contribution in [2.45, 2.75) is 58.7 Å². The number of carboxylic acids is 1. The van der Waals surface area contributed by atoms with Crippen molar-refractivity contribution in [1.82, 2.24) is 0 Å². The van der Waals surface area contributed by atoms with Crippen LogP contribution in [0.4, 0.5) is 0 Å². The van der Waals surface area contributed by atoms with Gasteiger partial charge in [0.15, 0.2) is 5.79 Å². The molecule has 1 saturated carbocycles. The van der Waals surface area contributed by atoms with E-state index >= 15 is 0 Å². The Morgan fingerprint density at radius 1 is 1.28 bits per heavy atom. The molecule has 0 spiro atoms. The molecule has 0 bridgehead atoms. The van der Waals surface area contributed by atoms with Gasteiger partial charge in [-0.1, -0.05) is 13.3 Å². The molecule has 0 radical (unpaired) electrons. The maximum atomic E-state index is 11.4. The Balaban J connectivity index is 2.96. The maximum Gasteiger partial charge on any atom is 0.306 e. The molecule has 1 aliphatic rings. The highest BCUT2D eigenvalue weighted by molar-refractivity contribution is 5.70. The largest absolute Gasteiger partial charge is 0.481 e. The average Bonchev–Trinajstić information content (AvgIpc) is 2.33. The van der Waals surface area contributed by atoms with Crippen LogP contribution in [-0.2, 0) is 14.3 Å². The Morgan fingerprint density at radius 3 is 2.33 bits per heavy atom. The summed E-state index contributed by atoms with van der Waals surface area (Å²) in [5.74, 6) is -1.81. The van der Waals surface area contributed by atoms with Crippen molar-refractivity contribution in [3.8, 4) is 0 Å². The summed E-state index contributed by atoms with van der Waals surface area (Å²) in [5.41, 5.74) is 0. The summed E-state index contributed by atoms with van der Waals surface area (Å²) in [6.45, 7) is 6.93. The second-order valence-electron chi connectivity index (χ2n) is 4.88. The van der Waals surface area contributed by atoms with Crippen LogP contribution >= 0.6 is 0 Å². The Morgan fingerprint density at radius 2 is 1.89 bits per heavy atom. The van der Waals surface area contributed by atoms with Crippen LogP contribution in [0, 0.1) is 11.8 Å². The van der Waals surface area contributed by atoms with Crippen LogP contribution in [0.5, 0.6) is 0 Å². The normalized spacial score (nSPS) is 24.7. The molecule has 18 heavy (non-hydrogen) atoms. The van der Waals surface area contributed by atoms with E-state index in [1.165, 1.54) is 0 Å². The molecule has 4 nitrogen and oxygen atoms in total. The van der Waals surface area contributed by atoms with Gasteiger partial charge in [-0.3, -0.25) is 4.79 Å². The lowest BCUT2D eigenvalue weighted by atomic mass is 9.74. The molecular formula is C14H26O4. The van der Waals surface area contributed by atoms with Crippen molar-refractivity contribution in [2.75, 3.05) is 13.2 Å². The number of carbonyl (C=O) groups is 1. The fraction of sp³-hybridized carbons (Fsp3) is 0.929. The minimum absolute atomic E-state index is 0.0337. The Bertz CT molecular complexity index is 253. The van der Waals surface area contributed by atoms with Gasteiger partial charge in [-0.05, 0) is 33.1 Å². The first-order chi connectivity index (χ1) is 8.61. The van der Waals surface area contributed by atoms with Crippen LogP contribution in [0.1, 0.15) is 52.9 Å². The van der Waals surface area contributed by atoms with E-state index in [0.29, 0.717) is 19.6 Å². The lowest BCUT2D eigenvalue weighted by molar-refractivity contribution is -0.285. The van der Waals surface area contributed by atoms with Crippen LogP contribution in [-0.4, -0.2) is 30.1 Å². The smallest absolute Gasteiger partial charge is 0.306 e. The van der Waals surface area contributed by atoms with E-state index in [2.05, 4.69) is 0 Å². The monoisotopic (exact) mass is 258 g/mol. The van der Waals surface area contributed by atoms with Gasteiger partial charge in [0.1, 0.15) is 0 Å². The van der Waals surface area contributed by atoms with Gasteiger partial charge in [-0.25, -0.2) is 0 Å². The summed E-state index contributed by atoms with van der Waals surface area (Å²) in [6, 6.07) is 0. The molecule has 4 heteroatoms. The first-order valence-corrected chi connectivity index (χ1v) is 7.12. The van der Waals surface area contributed by atoms with E-state index < -0.39 is 11.8 Å². The molecule has 2 unspecified atom stereocenters. The highest BCUT2D eigenvalue weighted by Crippen LogP contribution is 2.43. The Hall–Kier alpha value is -0.610. The second-order valence-corrected chi connectivity index (χ2v) is 4.88. The van der Waals surface area contributed by atoms with E-state index in [1.54, 1.807) is 0 Å². The fourth-order valence-corrected chi connectivity index (χ4v) is 3.17. The van der Waals surface area contributed by atoms with E-state index in [-0.39, 0.29) is 11.8 Å². The number of rotatable bonds is 7. The Labute approximate surface area is 110 Å². The summed E-state index contributed by atoms with van der Waals surface area (Å²) in [7, 11) is 0. The quantitative estimate of drug-likeness (QED) is 0.713. The number of hydrogen-bond acceptors (Lipinski definition) is 3. The molecular weight excluding hydrogens is 232 g/mol. The molecule has 1 rings (SSSR count). The molecule has 1 fully saturated rings. The van der Waals surface area contributed by atoms with Crippen LogP contribution in [0.15, 0.2) is 0 Å². The van der Waals surface area contributed by atoms with Crippen molar-refractivity contribution in [2.24, 2.45) is 11.8 Å². The first kappa shape index (κ1) is 15.4. The molecule has 0 heterocycles. The maximum absolute atomic E-state index is 11.4. The standard InChI is InChI=1S/C14H26O4/c1-4-11(13(15)16)12-9-7-8-10-14(12,17-5-2)18-6-3/h11-12H,4-10H2,1-3H3,(H,15,16). The predicted octanol–water partition coefficient (Wildman–Crippen LogP) is 3.06. The zero-order chi connectivity index (χ0) is 13.6. The molecule has 106 valence electrons. The van der Waals surface area contributed by atoms with Crippen molar-refractivity contribution >= 4 is 5.97 Å². The SMILES string of the molecule is CCOC1(OCC)CCCCC1C(CC)C(=O)O. The summed E-state index contributed by atoms with van der Waals surface area (Å²) in [4.78, 5) is 11.4. The topological polar surface area (TPSA) is 55.8 Å². The average molecular weight is 258 g/mol. The summed E-state index contributed by atoms with van der Waals surface area (Å²) in [6.07, 6.45) is 4.43. The zero-order valence-electron chi connectivity index (χ0n) is 11.8. The van der Waals surface area contributed by atoms with E-state index in [1.807, 2.05) is 20.8 Å². The molecule has 0 aromatic heterocycles. The van der Waals surface area contributed by atoms with Crippen molar-refractivity contribution in [3.63, 3.8) is 0 Å². The molecule has 0 amide bonds. The van der Waals surface area contributed by atoms with E-state index in [9.17, 15) is 9.90 Å². The molecule has 0 aliphatic heterocycles. The van der Waals surface area contributed by atoms with Crippen molar-refractivity contribution in [3.05, 3.63) is 0 Å². The zero-order valence-corrected chi connectivity index (χ0v) is 11.8. The van der Waals surface area contributed by atoms with Gasteiger partial charge >= 0.3 is 5.97 Å². The molecule has 2 atom stereocenters. The van der Waals surface area contributed by atoms with Gasteiger partial charge in [0.25, 0.3) is 0 Å². The van der Waals surface area contributed by atoms with E-state index in [0.717, 1.165) is 25.7 Å². The number of carboxylic acid groups (broad SMARTS) is 1. The molecule has 0 aromatic carbocycles. The van der Waals surface area contributed by atoms with E-state index in [4.69, 9.17) is 9.47 Å². The number of aliphatic carboxylic acids is 1. The minimum Gasteiger partial charge on any atom is -0.481 e. The van der Waals surface area contributed by atoms with Gasteiger partial charge in [0.05, 0.1) is 5.92 Å². The molecule has 1 N–H and O–H groups in total. The second kappa shape index (κ2) is 7.10. The fourth-order valence-electron chi connectivity index (χ4n) is 3.17. The summed E-state index contributed by atoms with van der Waals surface area (Å²) in [5, 5.41) is 9.38. The number of ether oxygens (including phenoxy) is 2. The highest BCUT2D eigenvalue weighted by atomic mass is 16.7. The third-order valence-corrected chi connectivity index (χ3v) is 3.88. The first-order valence-electron chi connectivity index (χ1n) is 7.12. The summed E-state index contributed by atoms with van der Waals surface area (Å²) >= 11 is 0. The van der Waals surface area contributed by atoms with Gasteiger partial charge in [-0.15, -0.1) is 0 Å². The van der Waals surface area contributed by atoms with Crippen LogP contribution in [0.25, 0.3) is 0 Å². The van der Waals surface area contributed by atoms with Gasteiger partial charge in [-0.2, -0.15) is 0 Å². The van der Waals surface area contributed by atoms with Gasteiger partial charge in [0, 0.05) is 25.6 Å². The molecule has 0 aromatic rings. The minimum atomic E-state index is -0.729. The molecule has 1 aliphatic carbocycles. The number of hydrogen-bond donors (Lipinski definition) is 1. The third kappa shape index (κ3) is 3.23. The Kier molecular flexibility index (Phi) is 6.09. The lowest BCUT2D eigenvalue weighted by Gasteiger charge is -2.45. The van der Waals surface area contributed by atoms with Crippen molar-refractivity contribution in [1.29, 1.82) is 0 Å². The van der Waals surface area contributed by atoms with Gasteiger partial charge in [0.2, 0.25) is 0 Å². The lowest BCUT2D eigenvalue weighted by Crippen LogP contribution is -2.50. The van der Waals surface area contributed by atoms with Crippen LogP contribution in [0.3, 0.4) is 0 Å².